The second kappa shape index (κ2) is 6.13. The standard InChI is InChI=1S/C18H27BN2O5/c1-16(2,3)24-15(22)21-8-9-23-14-12(10-20-11-13(14)21)19-25-17(4,5)18(6,7)26-19/h10-11H,8-9H2,1-7H3. The molecule has 1 aromatic rings. The summed E-state index contributed by atoms with van der Waals surface area (Å²) >= 11 is 0. The monoisotopic (exact) mass is 362 g/mol. The maximum Gasteiger partial charge on any atom is 0.500 e. The Labute approximate surface area is 155 Å². The summed E-state index contributed by atoms with van der Waals surface area (Å²) in [6.45, 7) is 14.2. The lowest BCUT2D eigenvalue weighted by Crippen LogP contribution is -2.44. The van der Waals surface area contributed by atoms with Gasteiger partial charge in [-0.05, 0) is 48.5 Å². The fraction of sp³-hybridized carbons (Fsp3) is 0.667. The van der Waals surface area contributed by atoms with E-state index in [0.717, 1.165) is 0 Å². The first-order valence-corrected chi connectivity index (χ1v) is 8.88. The highest BCUT2D eigenvalue weighted by Gasteiger charge is 2.53. The van der Waals surface area contributed by atoms with Crippen LogP contribution in [0, 0.1) is 0 Å². The number of hydrogen-bond donors (Lipinski definition) is 0. The Hall–Kier alpha value is -1.80. The van der Waals surface area contributed by atoms with E-state index in [1.807, 2.05) is 48.5 Å². The highest BCUT2D eigenvalue weighted by Crippen LogP contribution is 2.39. The van der Waals surface area contributed by atoms with Gasteiger partial charge in [0.15, 0.2) is 0 Å². The summed E-state index contributed by atoms with van der Waals surface area (Å²) in [5.41, 5.74) is -0.279. The van der Waals surface area contributed by atoms with E-state index in [1.165, 1.54) is 0 Å². The molecular formula is C18H27BN2O5. The number of aromatic nitrogens is 1. The third-order valence-corrected chi connectivity index (χ3v) is 4.88. The van der Waals surface area contributed by atoms with Crippen molar-refractivity contribution in [3.8, 4) is 5.75 Å². The van der Waals surface area contributed by atoms with Crippen molar-refractivity contribution in [2.75, 3.05) is 18.1 Å². The summed E-state index contributed by atoms with van der Waals surface area (Å²) in [4.78, 5) is 18.4. The molecule has 1 fully saturated rings. The Kier molecular flexibility index (Phi) is 4.47. The lowest BCUT2D eigenvalue weighted by Gasteiger charge is -2.32. The zero-order valence-electron chi connectivity index (χ0n) is 16.6. The maximum atomic E-state index is 12.6. The van der Waals surface area contributed by atoms with Gasteiger partial charge in [-0.1, -0.05) is 0 Å². The van der Waals surface area contributed by atoms with Crippen LogP contribution in [0.15, 0.2) is 12.4 Å². The molecule has 0 aliphatic carbocycles. The van der Waals surface area contributed by atoms with Gasteiger partial charge < -0.3 is 18.8 Å². The molecule has 0 atom stereocenters. The Morgan fingerprint density at radius 3 is 2.38 bits per heavy atom. The number of nitrogens with zero attached hydrogens (tertiary/aromatic N) is 2. The van der Waals surface area contributed by atoms with Gasteiger partial charge in [-0.25, -0.2) is 4.79 Å². The maximum absolute atomic E-state index is 12.6. The number of carbonyl (C=O) groups is 1. The van der Waals surface area contributed by atoms with Crippen molar-refractivity contribution in [1.29, 1.82) is 0 Å². The summed E-state index contributed by atoms with van der Waals surface area (Å²) in [7, 11) is -0.610. The highest BCUT2D eigenvalue weighted by molar-refractivity contribution is 6.63. The number of hydrogen-bond acceptors (Lipinski definition) is 6. The minimum atomic E-state index is -0.610. The van der Waals surface area contributed by atoms with Crippen LogP contribution >= 0.6 is 0 Å². The van der Waals surface area contributed by atoms with Crippen LogP contribution < -0.4 is 15.1 Å². The van der Waals surface area contributed by atoms with Crippen molar-refractivity contribution in [3.05, 3.63) is 12.4 Å². The van der Waals surface area contributed by atoms with E-state index in [0.29, 0.717) is 30.1 Å². The van der Waals surface area contributed by atoms with E-state index in [1.54, 1.807) is 17.3 Å². The molecule has 0 unspecified atom stereocenters. The van der Waals surface area contributed by atoms with Crippen LogP contribution in [-0.2, 0) is 14.0 Å². The van der Waals surface area contributed by atoms with Crippen molar-refractivity contribution in [2.45, 2.75) is 65.3 Å². The number of fused-ring (bicyclic) bond motifs is 1. The Morgan fingerprint density at radius 1 is 1.19 bits per heavy atom. The molecule has 2 aliphatic rings. The Balaban J connectivity index is 1.93. The molecule has 2 aliphatic heterocycles. The van der Waals surface area contributed by atoms with Gasteiger partial charge in [-0.3, -0.25) is 9.88 Å². The minimum absolute atomic E-state index is 0.364. The topological polar surface area (TPSA) is 70.1 Å². The van der Waals surface area contributed by atoms with E-state index in [9.17, 15) is 4.79 Å². The fourth-order valence-electron chi connectivity index (χ4n) is 2.81. The summed E-state index contributed by atoms with van der Waals surface area (Å²) in [6.07, 6.45) is 2.85. The van der Waals surface area contributed by atoms with Gasteiger partial charge in [0.1, 0.15) is 23.6 Å². The van der Waals surface area contributed by atoms with Crippen molar-refractivity contribution >= 4 is 24.4 Å². The van der Waals surface area contributed by atoms with Crippen LogP contribution in [0.4, 0.5) is 10.5 Å². The molecule has 1 amide bonds. The van der Waals surface area contributed by atoms with E-state index >= 15 is 0 Å². The smallest absolute Gasteiger partial charge is 0.490 e. The van der Waals surface area contributed by atoms with Crippen LogP contribution in [0.3, 0.4) is 0 Å². The molecule has 0 saturated carbocycles. The summed E-state index contributed by atoms with van der Waals surface area (Å²) in [5, 5.41) is 0. The molecule has 8 heteroatoms. The van der Waals surface area contributed by atoms with Crippen LogP contribution in [0.2, 0.25) is 0 Å². The first kappa shape index (κ1) is 19.0. The molecule has 0 spiro atoms. The normalized spacial score (nSPS) is 21.2. The molecule has 0 radical (unpaired) electrons. The molecule has 3 heterocycles. The van der Waals surface area contributed by atoms with E-state index in [-0.39, 0.29) is 0 Å². The van der Waals surface area contributed by atoms with Crippen molar-refractivity contribution in [1.82, 2.24) is 4.98 Å². The number of carbonyl (C=O) groups excluding carboxylic acids is 1. The zero-order chi connectivity index (χ0) is 19.3. The number of pyridine rings is 1. The van der Waals surface area contributed by atoms with Gasteiger partial charge in [0.2, 0.25) is 0 Å². The Morgan fingerprint density at radius 2 is 1.81 bits per heavy atom. The third-order valence-electron chi connectivity index (χ3n) is 4.88. The first-order chi connectivity index (χ1) is 11.9. The quantitative estimate of drug-likeness (QED) is 0.715. The lowest BCUT2D eigenvalue weighted by atomic mass is 9.79. The molecule has 0 N–H and O–H groups in total. The predicted molar refractivity (Wildman–Crippen MR) is 99.0 cm³/mol. The number of rotatable bonds is 1. The molecule has 0 aromatic carbocycles. The van der Waals surface area contributed by atoms with Gasteiger partial charge >= 0.3 is 13.2 Å². The van der Waals surface area contributed by atoms with E-state index < -0.39 is 30.0 Å². The highest BCUT2D eigenvalue weighted by atomic mass is 16.7. The first-order valence-electron chi connectivity index (χ1n) is 8.88. The summed E-state index contributed by atoms with van der Waals surface area (Å²) in [6, 6.07) is 0. The molecule has 0 bridgehead atoms. The minimum Gasteiger partial charge on any atom is -0.490 e. The third kappa shape index (κ3) is 3.40. The van der Waals surface area contributed by atoms with E-state index in [4.69, 9.17) is 18.8 Å². The lowest BCUT2D eigenvalue weighted by molar-refractivity contribution is 0.00578. The predicted octanol–water partition coefficient (Wildman–Crippen LogP) is 2.51. The van der Waals surface area contributed by atoms with Gasteiger partial charge in [0, 0.05) is 11.7 Å². The summed E-state index contributed by atoms with van der Waals surface area (Å²) in [5.74, 6) is 0.551. The average Bonchev–Trinajstić information content (AvgIpc) is 2.72. The van der Waals surface area contributed by atoms with Crippen molar-refractivity contribution in [2.24, 2.45) is 0 Å². The number of amides is 1. The molecule has 26 heavy (non-hydrogen) atoms. The fourth-order valence-corrected chi connectivity index (χ4v) is 2.81. The van der Waals surface area contributed by atoms with Gasteiger partial charge in [0.05, 0.1) is 23.9 Å². The average molecular weight is 362 g/mol. The molecule has 7 nitrogen and oxygen atoms in total. The molecule has 3 rings (SSSR count). The molecule has 1 aromatic heterocycles. The van der Waals surface area contributed by atoms with Crippen molar-refractivity contribution < 1.29 is 23.6 Å². The molecule has 1 saturated heterocycles. The summed E-state index contributed by atoms with van der Waals surface area (Å²) < 4.78 is 23.6. The van der Waals surface area contributed by atoms with Crippen LogP contribution in [0.1, 0.15) is 48.5 Å². The van der Waals surface area contributed by atoms with Gasteiger partial charge in [-0.15, -0.1) is 0 Å². The SMILES string of the molecule is CC(C)(C)OC(=O)N1CCOc2c(B3OC(C)(C)C(C)(C)O3)cncc21. The van der Waals surface area contributed by atoms with Crippen LogP contribution in [0.25, 0.3) is 0 Å². The Bertz CT molecular complexity index is 698. The van der Waals surface area contributed by atoms with Crippen LogP contribution in [0.5, 0.6) is 5.75 Å². The van der Waals surface area contributed by atoms with Gasteiger partial charge in [-0.2, -0.15) is 0 Å². The van der Waals surface area contributed by atoms with Crippen LogP contribution in [-0.4, -0.2) is 48.2 Å². The number of anilines is 1. The van der Waals surface area contributed by atoms with E-state index in [2.05, 4.69) is 4.98 Å². The second-order valence-corrected chi connectivity index (χ2v) is 8.65. The molecular weight excluding hydrogens is 335 g/mol. The van der Waals surface area contributed by atoms with Gasteiger partial charge in [0.25, 0.3) is 0 Å². The zero-order valence-corrected chi connectivity index (χ0v) is 16.6. The number of ether oxygens (including phenoxy) is 2. The second-order valence-electron chi connectivity index (χ2n) is 8.65. The van der Waals surface area contributed by atoms with Crippen molar-refractivity contribution in [3.63, 3.8) is 0 Å². The molecule has 142 valence electrons. The largest absolute Gasteiger partial charge is 0.500 e.